The van der Waals surface area contributed by atoms with Gasteiger partial charge in [-0.3, -0.25) is 4.79 Å². The molecule has 18 N–H and O–H groups in total. The van der Waals surface area contributed by atoms with E-state index in [1.54, 1.807) is 6.92 Å². The van der Waals surface area contributed by atoms with Crippen LogP contribution in [0.2, 0.25) is 0 Å². The second-order valence-electron chi connectivity index (χ2n) is 31.2. The van der Waals surface area contributed by atoms with E-state index in [2.05, 4.69) is 26.8 Å². The zero-order chi connectivity index (χ0) is 69.6. The lowest BCUT2D eigenvalue weighted by Gasteiger charge is -2.73. The van der Waals surface area contributed by atoms with Crippen LogP contribution in [0.15, 0.2) is 11.6 Å². The zero-order valence-electron chi connectivity index (χ0n) is 55.2. The van der Waals surface area contributed by atoms with Crippen molar-refractivity contribution < 1.29 is 154 Å². The topological polar surface area (TPSA) is 492 Å². The quantitative estimate of drug-likeness (QED) is 0.0466. The van der Waals surface area contributed by atoms with Gasteiger partial charge in [-0.25, -0.2) is 0 Å². The van der Waals surface area contributed by atoms with Gasteiger partial charge in [0.25, 0.3) is 0 Å². The average molecular weight is 1370 g/mol. The summed E-state index contributed by atoms with van der Waals surface area (Å²) in [5.41, 5.74) is -5.20. The van der Waals surface area contributed by atoms with Crippen LogP contribution in [0.3, 0.4) is 0 Å². The van der Waals surface area contributed by atoms with Crippen LogP contribution in [0.1, 0.15) is 114 Å². The Labute approximate surface area is 550 Å². The molecule has 0 bridgehead atoms. The molecule has 11 rings (SSSR count). The first-order valence-corrected chi connectivity index (χ1v) is 33.5. The van der Waals surface area contributed by atoms with Crippen molar-refractivity contribution in [2.45, 2.75) is 311 Å². The van der Waals surface area contributed by atoms with Gasteiger partial charge in [-0.1, -0.05) is 53.2 Å². The van der Waals surface area contributed by atoms with Gasteiger partial charge in [0.1, 0.15) is 109 Å². The number of carbonyl (C=O) groups is 1. The Morgan fingerprint density at radius 3 is 1.56 bits per heavy atom. The molecule has 0 spiro atoms. The lowest BCUT2D eigenvalue weighted by Crippen LogP contribution is -2.73. The first-order valence-electron chi connectivity index (χ1n) is 33.5. The van der Waals surface area contributed by atoms with Crippen molar-refractivity contribution in [3.8, 4) is 0 Å². The SMILES string of the molecule is CC1OC(OC2COC(OC3C(C)OC(OC4C(OC(=O)C56CCC(C)(C)CC5C5=CCC7C8(C)CC(O)C(OC9OC(C)C(O)C(O)C9O)C(C)(CO)C8C(O)CC7(C)C5(C)CC6O)OCC(O)C4O)C(O)C3O)C(O)C2OC2OC(C)C(O)C(O)C2O)C(O)C(O)C1O. The Morgan fingerprint density at radius 1 is 0.484 bits per heavy atom. The molecule has 6 aliphatic heterocycles. The summed E-state index contributed by atoms with van der Waals surface area (Å²) in [6.45, 7) is 15.9. The van der Waals surface area contributed by atoms with Crippen LogP contribution >= 0.6 is 0 Å². The number of rotatable bonds is 13. The van der Waals surface area contributed by atoms with Crippen molar-refractivity contribution in [3.05, 3.63) is 11.6 Å². The summed E-state index contributed by atoms with van der Waals surface area (Å²) in [6.07, 6.45) is -47.3. The molecule has 6 heterocycles. The maximum Gasteiger partial charge on any atom is 0.317 e. The Morgan fingerprint density at radius 2 is 0.989 bits per heavy atom. The van der Waals surface area contributed by atoms with Crippen LogP contribution < -0.4 is 0 Å². The first-order chi connectivity index (χ1) is 44.3. The lowest BCUT2D eigenvalue weighted by molar-refractivity contribution is -0.388. The Bertz CT molecular complexity index is 2720. The molecule has 31 heteroatoms. The van der Waals surface area contributed by atoms with Crippen LogP contribution in [0.4, 0.5) is 0 Å². The Balaban J connectivity index is 0.805. The Kier molecular flexibility index (Phi) is 21.1. The summed E-state index contributed by atoms with van der Waals surface area (Å²) >= 11 is 0. The van der Waals surface area contributed by atoms with Gasteiger partial charge in [-0.2, -0.15) is 0 Å². The van der Waals surface area contributed by atoms with Crippen molar-refractivity contribution >= 4 is 5.97 Å². The molecule has 40 atom stereocenters. The highest BCUT2D eigenvalue weighted by Crippen LogP contribution is 2.76. The zero-order valence-corrected chi connectivity index (χ0v) is 55.2. The number of hydrogen-bond acceptors (Lipinski definition) is 31. The molecule has 11 aliphatic rings. The van der Waals surface area contributed by atoms with Crippen molar-refractivity contribution in [3.63, 3.8) is 0 Å². The van der Waals surface area contributed by atoms with E-state index >= 15 is 4.79 Å². The minimum absolute atomic E-state index is 0.00118. The molecular formula is C64H104O31. The monoisotopic (exact) mass is 1370 g/mol. The number of fused-ring (bicyclic) bond motifs is 7. The van der Waals surface area contributed by atoms with E-state index in [0.717, 1.165) is 5.57 Å². The van der Waals surface area contributed by atoms with Crippen LogP contribution in [-0.4, -0.2) is 314 Å². The molecule has 4 saturated carbocycles. The largest absolute Gasteiger partial charge is 0.432 e. The molecule has 40 unspecified atom stereocenters. The molecule has 0 amide bonds. The summed E-state index contributed by atoms with van der Waals surface area (Å²) in [5.74, 6) is -2.62. The number of aliphatic hydroxyl groups is 18. The molecular weight excluding hydrogens is 1260 g/mol. The van der Waals surface area contributed by atoms with Gasteiger partial charge >= 0.3 is 5.97 Å². The predicted molar refractivity (Wildman–Crippen MR) is 316 cm³/mol. The molecule has 0 radical (unpaired) electrons. The highest BCUT2D eigenvalue weighted by molar-refractivity contribution is 5.80. The van der Waals surface area contributed by atoms with Gasteiger partial charge in [-0.05, 0) is 106 Å². The van der Waals surface area contributed by atoms with E-state index in [1.165, 1.54) is 27.7 Å². The Hall–Kier alpha value is -1.95. The van der Waals surface area contributed by atoms with E-state index in [4.69, 9.17) is 56.8 Å². The molecule has 10 fully saturated rings. The van der Waals surface area contributed by atoms with Crippen LogP contribution in [0.5, 0.6) is 0 Å². The third-order valence-electron chi connectivity index (χ3n) is 24.7. The minimum atomic E-state index is -2.07. The summed E-state index contributed by atoms with van der Waals surface area (Å²) in [4.78, 5) is 15.6. The van der Waals surface area contributed by atoms with Crippen LogP contribution in [0, 0.1) is 50.2 Å². The molecule has 31 nitrogen and oxygen atoms in total. The maximum absolute atomic E-state index is 15.6. The summed E-state index contributed by atoms with van der Waals surface area (Å²) in [5, 5.41) is 203. The van der Waals surface area contributed by atoms with Crippen molar-refractivity contribution in [2.24, 2.45) is 50.2 Å². The minimum Gasteiger partial charge on any atom is -0.432 e. The molecule has 0 aromatic carbocycles. The summed E-state index contributed by atoms with van der Waals surface area (Å²) < 4.78 is 71.8. The molecule has 6 saturated heterocycles. The van der Waals surface area contributed by atoms with Gasteiger partial charge < -0.3 is 149 Å². The van der Waals surface area contributed by atoms with Gasteiger partial charge in [0, 0.05) is 11.3 Å². The smallest absolute Gasteiger partial charge is 0.317 e. The number of carbonyl (C=O) groups excluding carboxylic acids is 1. The highest BCUT2D eigenvalue weighted by atomic mass is 16.8. The molecule has 546 valence electrons. The second kappa shape index (κ2) is 27.0. The van der Waals surface area contributed by atoms with Gasteiger partial charge in [0.15, 0.2) is 37.6 Å². The third kappa shape index (κ3) is 12.3. The second-order valence-corrected chi connectivity index (χ2v) is 31.2. The van der Waals surface area contributed by atoms with E-state index in [1.807, 2.05) is 13.8 Å². The fourth-order valence-corrected chi connectivity index (χ4v) is 19.1. The fraction of sp³-hybridized carbons (Fsp3) is 0.953. The number of hydrogen-bond donors (Lipinski definition) is 18. The lowest BCUT2D eigenvalue weighted by atomic mass is 9.32. The van der Waals surface area contributed by atoms with Crippen molar-refractivity contribution in [1.82, 2.24) is 0 Å². The van der Waals surface area contributed by atoms with E-state index in [-0.39, 0.29) is 37.0 Å². The molecule has 5 aliphatic carbocycles. The molecule has 95 heavy (non-hydrogen) atoms. The van der Waals surface area contributed by atoms with E-state index < -0.39 is 261 Å². The number of allylic oxidation sites excluding steroid dienone is 2. The van der Waals surface area contributed by atoms with Crippen molar-refractivity contribution in [1.29, 1.82) is 0 Å². The fourth-order valence-electron chi connectivity index (χ4n) is 19.1. The molecule has 0 aromatic heterocycles. The normalized spacial score (nSPS) is 57.2. The van der Waals surface area contributed by atoms with Crippen LogP contribution in [0.25, 0.3) is 0 Å². The average Bonchev–Trinajstić information content (AvgIpc) is 0.667. The van der Waals surface area contributed by atoms with Crippen LogP contribution in [-0.2, 0) is 61.6 Å². The van der Waals surface area contributed by atoms with Gasteiger partial charge in [-0.15, -0.1) is 0 Å². The van der Waals surface area contributed by atoms with E-state index in [0.29, 0.717) is 19.3 Å². The summed E-state index contributed by atoms with van der Waals surface area (Å²) in [7, 11) is 0. The van der Waals surface area contributed by atoms with Gasteiger partial charge in [0.05, 0.1) is 68.7 Å². The summed E-state index contributed by atoms with van der Waals surface area (Å²) in [6, 6.07) is 0. The first kappa shape index (κ1) is 74.2. The number of esters is 1. The van der Waals surface area contributed by atoms with E-state index in [9.17, 15) is 91.9 Å². The highest BCUT2D eigenvalue weighted by Gasteiger charge is 2.75. The third-order valence-corrected chi connectivity index (χ3v) is 24.7. The van der Waals surface area contributed by atoms with Crippen molar-refractivity contribution in [2.75, 3.05) is 19.8 Å². The predicted octanol–water partition coefficient (Wildman–Crippen LogP) is -5.11. The maximum atomic E-state index is 15.6. The standard InChI is InChI=1S/C64H104O31/c1-22-34(70)38(74)42(78)53(86-22)90-31-20-85-52(46(82)48(31)92-54-43(79)39(75)35(71)23(2)87-54)91-47-25(4)89-55(45(81)41(47)77)93-49-37(73)30(68)19-84-57(49)95-58(83)64-14-13-59(5,6)15-27(64)26-11-12-32-60(7)16-29(67)51(94-56-44(80)40(76)36(72)24(3)88-56)61(8,21-65)50(60)28(66)17-63(32,10)62(26,9)18-33(64)69/h11,22-25,27-57,65-82H,12-21H2,1-10H3. The number of aliphatic hydroxyl groups excluding tert-OH is 18. The molecule has 0 aromatic rings. The van der Waals surface area contributed by atoms with Gasteiger partial charge in [0.2, 0.25) is 6.29 Å². The number of ether oxygens (including phenoxy) is 12.